The SMILES string of the molecule is CC1CN(C(=O)c2cnc(C(C)(C)C)nc2)c2ccccc2C(=O)N1. The van der Waals surface area contributed by atoms with Gasteiger partial charge in [0.15, 0.2) is 0 Å². The van der Waals surface area contributed by atoms with Crippen LogP contribution in [0.4, 0.5) is 5.69 Å². The predicted molar refractivity (Wildman–Crippen MR) is 95.8 cm³/mol. The molecule has 0 bridgehead atoms. The first-order chi connectivity index (χ1) is 11.8. The topological polar surface area (TPSA) is 75.2 Å². The van der Waals surface area contributed by atoms with Gasteiger partial charge in [-0.15, -0.1) is 0 Å². The number of carbonyl (C=O) groups is 2. The molecule has 0 spiro atoms. The first-order valence-corrected chi connectivity index (χ1v) is 8.31. The second kappa shape index (κ2) is 6.27. The van der Waals surface area contributed by atoms with Crippen molar-refractivity contribution < 1.29 is 9.59 Å². The number of aromatic nitrogens is 2. The van der Waals surface area contributed by atoms with Gasteiger partial charge in [0.2, 0.25) is 0 Å². The Bertz CT molecular complexity index is 809. The molecule has 3 rings (SSSR count). The Morgan fingerprint density at radius 1 is 1.20 bits per heavy atom. The average molecular weight is 338 g/mol. The number of hydrogen-bond donors (Lipinski definition) is 1. The minimum Gasteiger partial charge on any atom is -0.348 e. The number of nitrogens with one attached hydrogen (secondary N) is 1. The molecule has 1 aromatic carbocycles. The van der Waals surface area contributed by atoms with Crippen molar-refractivity contribution in [2.75, 3.05) is 11.4 Å². The maximum Gasteiger partial charge on any atom is 0.261 e. The van der Waals surface area contributed by atoms with E-state index < -0.39 is 0 Å². The molecule has 0 radical (unpaired) electrons. The fraction of sp³-hybridized carbons (Fsp3) is 0.368. The lowest BCUT2D eigenvalue weighted by Crippen LogP contribution is -2.41. The molecule has 1 N–H and O–H groups in total. The zero-order valence-corrected chi connectivity index (χ0v) is 14.9. The maximum absolute atomic E-state index is 13.0. The molecule has 1 aromatic heterocycles. The Morgan fingerprint density at radius 3 is 2.48 bits per heavy atom. The quantitative estimate of drug-likeness (QED) is 0.867. The Hall–Kier alpha value is -2.76. The van der Waals surface area contributed by atoms with E-state index in [1.165, 1.54) is 0 Å². The van der Waals surface area contributed by atoms with Gasteiger partial charge in [-0.2, -0.15) is 0 Å². The van der Waals surface area contributed by atoms with E-state index >= 15 is 0 Å². The van der Waals surface area contributed by atoms with Gasteiger partial charge in [0.25, 0.3) is 11.8 Å². The zero-order valence-electron chi connectivity index (χ0n) is 14.9. The summed E-state index contributed by atoms with van der Waals surface area (Å²) < 4.78 is 0. The van der Waals surface area contributed by atoms with Crippen molar-refractivity contribution >= 4 is 17.5 Å². The van der Waals surface area contributed by atoms with Crippen LogP contribution in [0.2, 0.25) is 0 Å². The fourth-order valence-electron chi connectivity index (χ4n) is 2.79. The molecular weight excluding hydrogens is 316 g/mol. The van der Waals surface area contributed by atoms with Gasteiger partial charge in [0, 0.05) is 30.4 Å². The first kappa shape index (κ1) is 17.1. The molecule has 6 nitrogen and oxygen atoms in total. The lowest BCUT2D eigenvalue weighted by Gasteiger charge is -2.24. The van der Waals surface area contributed by atoms with Crippen molar-refractivity contribution in [3.05, 3.63) is 53.6 Å². The Balaban J connectivity index is 1.98. The molecule has 2 heterocycles. The molecule has 1 unspecified atom stereocenters. The highest BCUT2D eigenvalue weighted by Gasteiger charge is 2.29. The third-order valence-corrected chi connectivity index (χ3v) is 4.09. The molecule has 0 saturated carbocycles. The molecule has 0 saturated heterocycles. The van der Waals surface area contributed by atoms with E-state index in [-0.39, 0.29) is 23.3 Å². The van der Waals surface area contributed by atoms with Gasteiger partial charge in [-0.05, 0) is 19.1 Å². The summed E-state index contributed by atoms with van der Waals surface area (Å²) >= 11 is 0. The molecule has 2 aromatic rings. The summed E-state index contributed by atoms with van der Waals surface area (Å²) in [5.41, 5.74) is 1.33. The molecule has 1 aliphatic rings. The molecule has 1 atom stereocenters. The van der Waals surface area contributed by atoms with Crippen LogP contribution in [0, 0.1) is 0 Å². The largest absolute Gasteiger partial charge is 0.348 e. The van der Waals surface area contributed by atoms with Gasteiger partial charge < -0.3 is 10.2 Å². The summed E-state index contributed by atoms with van der Waals surface area (Å²) in [6.07, 6.45) is 3.12. The van der Waals surface area contributed by atoms with Crippen molar-refractivity contribution in [2.45, 2.75) is 39.2 Å². The van der Waals surface area contributed by atoms with Crippen LogP contribution in [-0.4, -0.2) is 34.4 Å². The van der Waals surface area contributed by atoms with E-state index in [0.717, 1.165) is 0 Å². The van der Waals surface area contributed by atoms with Crippen molar-refractivity contribution in [3.8, 4) is 0 Å². The number of amides is 2. The predicted octanol–water partition coefficient (Wildman–Crippen LogP) is 2.55. The highest BCUT2D eigenvalue weighted by molar-refractivity contribution is 6.11. The number of carbonyl (C=O) groups excluding carboxylic acids is 2. The summed E-state index contributed by atoms with van der Waals surface area (Å²) in [5, 5.41) is 2.90. The molecule has 1 aliphatic heterocycles. The lowest BCUT2D eigenvalue weighted by molar-refractivity contribution is 0.0939. The zero-order chi connectivity index (χ0) is 18.2. The molecule has 0 aliphatic carbocycles. The standard InChI is InChI=1S/C19H22N4O2/c1-12-11-23(15-8-6-5-7-14(15)16(24)22-12)17(25)13-9-20-18(21-10-13)19(2,3)4/h5-10,12H,11H2,1-4H3,(H,22,24). The number of rotatable bonds is 1. The van der Waals surface area contributed by atoms with E-state index in [9.17, 15) is 9.59 Å². The average Bonchev–Trinajstić information content (AvgIpc) is 2.70. The highest BCUT2D eigenvalue weighted by atomic mass is 16.2. The number of para-hydroxylation sites is 1. The van der Waals surface area contributed by atoms with E-state index in [2.05, 4.69) is 15.3 Å². The van der Waals surface area contributed by atoms with Gasteiger partial charge in [-0.3, -0.25) is 9.59 Å². The van der Waals surface area contributed by atoms with Crippen molar-refractivity contribution in [1.82, 2.24) is 15.3 Å². The molecular formula is C19H22N4O2. The molecule has 6 heteroatoms. The molecule has 2 amide bonds. The summed E-state index contributed by atoms with van der Waals surface area (Å²) in [6.45, 7) is 8.33. The summed E-state index contributed by atoms with van der Waals surface area (Å²) in [4.78, 5) is 35.6. The van der Waals surface area contributed by atoms with Crippen molar-refractivity contribution in [3.63, 3.8) is 0 Å². The van der Waals surface area contributed by atoms with Crippen LogP contribution in [0.3, 0.4) is 0 Å². The van der Waals surface area contributed by atoms with E-state index in [1.807, 2.05) is 33.8 Å². The van der Waals surface area contributed by atoms with Crippen LogP contribution >= 0.6 is 0 Å². The maximum atomic E-state index is 13.0. The van der Waals surface area contributed by atoms with Crippen LogP contribution in [0.15, 0.2) is 36.7 Å². The second-order valence-corrected chi connectivity index (χ2v) is 7.35. The van der Waals surface area contributed by atoms with Crippen LogP contribution < -0.4 is 10.2 Å². The monoisotopic (exact) mass is 338 g/mol. The van der Waals surface area contributed by atoms with Gasteiger partial charge in [-0.1, -0.05) is 32.9 Å². The Labute approximate surface area is 147 Å². The van der Waals surface area contributed by atoms with Gasteiger partial charge in [-0.25, -0.2) is 9.97 Å². The van der Waals surface area contributed by atoms with Crippen molar-refractivity contribution in [2.24, 2.45) is 0 Å². The van der Waals surface area contributed by atoms with Gasteiger partial charge >= 0.3 is 0 Å². The smallest absolute Gasteiger partial charge is 0.261 e. The number of nitrogens with zero attached hydrogens (tertiary/aromatic N) is 3. The third kappa shape index (κ3) is 3.38. The Kier molecular flexibility index (Phi) is 4.29. The fourth-order valence-corrected chi connectivity index (χ4v) is 2.79. The normalized spacial score (nSPS) is 17.5. The summed E-state index contributed by atoms with van der Waals surface area (Å²) in [5.74, 6) is 0.305. The minimum absolute atomic E-state index is 0.154. The van der Waals surface area contributed by atoms with Crippen LogP contribution in [0.1, 0.15) is 54.2 Å². The molecule has 0 fully saturated rings. The minimum atomic E-state index is -0.212. The molecule has 130 valence electrons. The first-order valence-electron chi connectivity index (χ1n) is 8.31. The Morgan fingerprint density at radius 2 is 1.84 bits per heavy atom. The summed E-state index contributed by atoms with van der Waals surface area (Å²) in [7, 11) is 0. The number of anilines is 1. The van der Waals surface area contributed by atoms with Gasteiger partial charge in [0.1, 0.15) is 5.82 Å². The van der Waals surface area contributed by atoms with Crippen LogP contribution in [-0.2, 0) is 5.41 Å². The third-order valence-electron chi connectivity index (χ3n) is 4.09. The number of fused-ring (bicyclic) bond motifs is 1. The summed E-state index contributed by atoms with van der Waals surface area (Å²) in [6, 6.07) is 6.97. The van der Waals surface area contributed by atoms with Gasteiger partial charge in [0.05, 0.1) is 16.8 Å². The van der Waals surface area contributed by atoms with E-state index in [0.29, 0.717) is 29.2 Å². The van der Waals surface area contributed by atoms with E-state index in [4.69, 9.17) is 0 Å². The van der Waals surface area contributed by atoms with Crippen molar-refractivity contribution in [1.29, 1.82) is 0 Å². The lowest BCUT2D eigenvalue weighted by atomic mass is 9.96. The second-order valence-electron chi connectivity index (χ2n) is 7.35. The molecule has 25 heavy (non-hydrogen) atoms. The van der Waals surface area contributed by atoms with Crippen LogP contribution in [0.25, 0.3) is 0 Å². The number of hydrogen-bond acceptors (Lipinski definition) is 4. The van der Waals surface area contributed by atoms with E-state index in [1.54, 1.807) is 35.5 Å². The number of benzene rings is 1. The van der Waals surface area contributed by atoms with Crippen LogP contribution in [0.5, 0.6) is 0 Å². The highest BCUT2D eigenvalue weighted by Crippen LogP contribution is 2.25.